The lowest BCUT2D eigenvalue weighted by atomic mass is 10.1. The van der Waals surface area contributed by atoms with E-state index in [1.165, 1.54) is 11.8 Å². The molecule has 0 unspecified atom stereocenters. The highest BCUT2D eigenvalue weighted by atomic mass is 32.2. The average Bonchev–Trinajstić information content (AvgIpc) is 3.27. The number of ether oxygens (including phenoxy) is 2. The first-order chi connectivity index (χ1) is 17.4. The minimum absolute atomic E-state index is 0.134. The molecule has 2 N–H and O–H groups in total. The van der Waals surface area contributed by atoms with Crippen LogP contribution in [0.3, 0.4) is 0 Å². The molecule has 0 spiro atoms. The molecule has 190 valence electrons. The van der Waals surface area contributed by atoms with E-state index in [1.54, 1.807) is 25.3 Å². The molecule has 0 aliphatic heterocycles. The third kappa shape index (κ3) is 7.61. The Morgan fingerprint density at radius 2 is 1.78 bits per heavy atom. The van der Waals surface area contributed by atoms with Gasteiger partial charge in [0, 0.05) is 12.2 Å². The molecule has 0 aliphatic carbocycles. The third-order valence-electron chi connectivity index (χ3n) is 5.13. The minimum atomic E-state index is -0.379. The summed E-state index contributed by atoms with van der Waals surface area (Å²) >= 11 is 1.27. The highest BCUT2D eigenvalue weighted by molar-refractivity contribution is 7.99. The van der Waals surface area contributed by atoms with Crippen molar-refractivity contribution in [1.29, 1.82) is 0 Å². The Balaban J connectivity index is 1.58. The molecule has 1 heterocycles. The van der Waals surface area contributed by atoms with E-state index < -0.39 is 0 Å². The Hall–Kier alpha value is -3.79. The molecule has 2 amide bonds. The van der Waals surface area contributed by atoms with Gasteiger partial charge in [-0.2, -0.15) is 0 Å². The van der Waals surface area contributed by atoms with Crippen molar-refractivity contribution in [2.75, 3.05) is 24.8 Å². The van der Waals surface area contributed by atoms with Crippen LogP contribution in [0.4, 0.5) is 5.69 Å². The number of amides is 2. The number of nitrogens with one attached hydrogen (secondary N) is 2. The van der Waals surface area contributed by atoms with Gasteiger partial charge in [0.15, 0.2) is 11.0 Å². The maximum absolute atomic E-state index is 12.6. The number of nitrogens with zero attached hydrogens (tertiary/aromatic N) is 3. The lowest BCUT2D eigenvalue weighted by molar-refractivity contribution is -0.121. The zero-order valence-corrected chi connectivity index (χ0v) is 21.5. The fourth-order valence-corrected chi connectivity index (χ4v) is 4.20. The smallest absolute Gasteiger partial charge is 0.234 e. The molecule has 0 bridgehead atoms. The summed E-state index contributed by atoms with van der Waals surface area (Å²) in [5, 5.41) is 14.9. The van der Waals surface area contributed by atoms with Crippen molar-refractivity contribution in [3.8, 4) is 11.5 Å². The molecular formula is C26H31N5O4S. The standard InChI is InChI=1S/C26H31N5O4S/c1-5-15-31-25(18(3)27-23(32)16-19-7-11-21(34-4)12-8-19)29-30-26(31)36-17-24(33)28-20-9-13-22(14-10-20)35-6-2/h5,7-14,18H,1,6,15-17H2,2-4H3,(H,27,32)(H,28,33)/t18-/m1/s1. The number of hydrogen-bond acceptors (Lipinski definition) is 7. The van der Waals surface area contributed by atoms with Gasteiger partial charge in [0.2, 0.25) is 11.8 Å². The van der Waals surface area contributed by atoms with Gasteiger partial charge in [-0.25, -0.2) is 0 Å². The van der Waals surface area contributed by atoms with Gasteiger partial charge in [-0.05, 0) is 55.8 Å². The molecule has 10 heteroatoms. The number of hydrogen-bond donors (Lipinski definition) is 2. The highest BCUT2D eigenvalue weighted by Gasteiger charge is 2.20. The first kappa shape index (κ1) is 26.8. The molecule has 0 aliphatic rings. The Labute approximate surface area is 215 Å². The zero-order valence-electron chi connectivity index (χ0n) is 20.7. The number of carbonyl (C=O) groups excluding carboxylic acids is 2. The van der Waals surface area contributed by atoms with Crippen molar-refractivity contribution in [3.63, 3.8) is 0 Å². The van der Waals surface area contributed by atoms with Crippen LogP contribution in [-0.4, -0.2) is 46.0 Å². The van der Waals surface area contributed by atoms with E-state index >= 15 is 0 Å². The molecule has 2 aromatic carbocycles. The van der Waals surface area contributed by atoms with Crippen LogP contribution in [-0.2, 0) is 22.6 Å². The van der Waals surface area contributed by atoms with Crippen LogP contribution in [0.15, 0.2) is 66.3 Å². The van der Waals surface area contributed by atoms with Gasteiger partial charge in [0.25, 0.3) is 0 Å². The molecule has 0 radical (unpaired) electrons. The van der Waals surface area contributed by atoms with Gasteiger partial charge in [0.1, 0.15) is 11.5 Å². The van der Waals surface area contributed by atoms with Crippen molar-refractivity contribution < 1.29 is 19.1 Å². The summed E-state index contributed by atoms with van der Waals surface area (Å²) in [6.07, 6.45) is 1.96. The molecule has 3 rings (SSSR count). The van der Waals surface area contributed by atoms with Gasteiger partial charge < -0.3 is 24.7 Å². The summed E-state index contributed by atoms with van der Waals surface area (Å²) < 4.78 is 12.4. The Kier molecular flexibility index (Phi) is 9.93. The monoisotopic (exact) mass is 509 g/mol. The van der Waals surface area contributed by atoms with Gasteiger partial charge in [-0.15, -0.1) is 16.8 Å². The number of methoxy groups -OCH3 is 1. The molecule has 36 heavy (non-hydrogen) atoms. The predicted molar refractivity (Wildman–Crippen MR) is 140 cm³/mol. The topological polar surface area (TPSA) is 107 Å². The summed E-state index contributed by atoms with van der Waals surface area (Å²) in [6, 6.07) is 14.2. The molecule has 0 saturated heterocycles. The Bertz CT molecular complexity index is 1160. The van der Waals surface area contributed by atoms with Crippen LogP contribution in [0.25, 0.3) is 0 Å². The molecule has 9 nitrogen and oxygen atoms in total. The third-order valence-corrected chi connectivity index (χ3v) is 6.09. The molecule has 0 fully saturated rings. The number of benzene rings is 2. The highest BCUT2D eigenvalue weighted by Crippen LogP contribution is 2.22. The maximum Gasteiger partial charge on any atom is 0.234 e. The zero-order chi connectivity index (χ0) is 25.9. The van der Waals surface area contributed by atoms with E-state index in [1.807, 2.05) is 54.8 Å². The van der Waals surface area contributed by atoms with Crippen molar-refractivity contribution >= 4 is 29.3 Å². The van der Waals surface area contributed by atoms with Crippen molar-refractivity contribution in [1.82, 2.24) is 20.1 Å². The Morgan fingerprint density at radius 1 is 1.08 bits per heavy atom. The van der Waals surface area contributed by atoms with E-state index in [0.29, 0.717) is 29.8 Å². The summed E-state index contributed by atoms with van der Waals surface area (Å²) in [5.74, 6) is 1.93. The fraction of sp³-hybridized carbons (Fsp3) is 0.308. The molecule has 1 atom stereocenters. The summed E-state index contributed by atoms with van der Waals surface area (Å²) in [4.78, 5) is 25.0. The predicted octanol–water partition coefficient (Wildman–Crippen LogP) is 4.02. The van der Waals surface area contributed by atoms with Crippen LogP contribution < -0.4 is 20.1 Å². The maximum atomic E-state index is 12.6. The van der Waals surface area contributed by atoms with E-state index in [0.717, 1.165) is 17.1 Å². The van der Waals surface area contributed by atoms with Crippen LogP contribution in [0.2, 0.25) is 0 Å². The van der Waals surface area contributed by atoms with Crippen molar-refractivity contribution in [2.24, 2.45) is 0 Å². The second kappa shape index (κ2) is 13.3. The largest absolute Gasteiger partial charge is 0.497 e. The molecule has 1 aromatic heterocycles. The number of carbonyl (C=O) groups is 2. The first-order valence-corrected chi connectivity index (χ1v) is 12.5. The van der Waals surface area contributed by atoms with Crippen LogP contribution >= 0.6 is 11.8 Å². The molecular weight excluding hydrogens is 478 g/mol. The van der Waals surface area contributed by atoms with Crippen LogP contribution in [0.5, 0.6) is 11.5 Å². The minimum Gasteiger partial charge on any atom is -0.497 e. The van der Waals surface area contributed by atoms with E-state index in [2.05, 4.69) is 27.4 Å². The van der Waals surface area contributed by atoms with E-state index in [-0.39, 0.29) is 30.0 Å². The lowest BCUT2D eigenvalue weighted by Gasteiger charge is -2.15. The van der Waals surface area contributed by atoms with Gasteiger partial charge in [-0.1, -0.05) is 30.0 Å². The van der Waals surface area contributed by atoms with Crippen LogP contribution in [0, 0.1) is 0 Å². The number of aromatic nitrogens is 3. The Morgan fingerprint density at radius 3 is 2.42 bits per heavy atom. The lowest BCUT2D eigenvalue weighted by Crippen LogP contribution is -2.30. The molecule has 3 aromatic rings. The normalized spacial score (nSPS) is 11.4. The van der Waals surface area contributed by atoms with Crippen molar-refractivity contribution in [2.45, 2.75) is 38.0 Å². The first-order valence-electron chi connectivity index (χ1n) is 11.5. The van der Waals surface area contributed by atoms with Gasteiger partial charge >= 0.3 is 0 Å². The second-order valence-corrected chi connectivity index (χ2v) is 8.79. The van der Waals surface area contributed by atoms with E-state index in [4.69, 9.17) is 9.47 Å². The average molecular weight is 510 g/mol. The second-order valence-electron chi connectivity index (χ2n) is 7.85. The summed E-state index contributed by atoms with van der Waals surface area (Å²) in [6.45, 7) is 8.61. The SMILES string of the molecule is C=CCn1c(SCC(=O)Nc2ccc(OCC)cc2)nnc1[C@@H](C)NC(=O)Cc1ccc(OC)cc1. The van der Waals surface area contributed by atoms with Gasteiger partial charge in [0.05, 0.1) is 31.9 Å². The summed E-state index contributed by atoms with van der Waals surface area (Å²) in [7, 11) is 1.60. The number of rotatable bonds is 13. The summed E-state index contributed by atoms with van der Waals surface area (Å²) in [5.41, 5.74) is 1.56. The number of allylic oxidation sites excluding steroid dienone is 1. The number of anilines is 1. The molecule has 0 saturated carbocycles. The number of thioether (sulfide) groups is 1. The van der Waals surface area contributed by atoms with E-state index in [9.17, 15) is 9.59 Å². The quantitative estimate of drug-likeness (QED) is 0.265. The van der Waals surface area contributed by atoms with Crippen molar-refractivity contribution in [3.05, 3.63) is 72.6 Å². The fourth-order valence-electron chi connectivity index (χ4n) is 3.44. The van der Waals surface area contributed by atoms with Crippen LogP contribution in [0.1, 0.15) is 31.3 Å². The van der Waals surface area contributed by atoms with Gasteiger partial charge in [-0.3, -0.25) is 9.59 Å².